The molecular formula is C27H39NO2. The molecule has 3 nitrogen and oxygen atoms in total. The molecule has 0 N–H and O–H groups in total. The Balaban J connectivity index is 1.45. The fraction of sp³-hybridized carbons (Fsp3) is 0.556. The molecular weight excluding hydrogens is 370 g/mol. The molecule has 0 atom stereocenters. The van der Waals surface area contributed by atoms with Gasteiger partial charge in [-0.3, -0.25) is 9.78 Å². The van der Waals surface area contributed by atoms with Gasteiger partial charge in [-0.15, -0.1) is 0 Å². The molecule has 164 valence electrons. The highest BCUT2D eigenvalue weighted by Gasteiger charge is 2.08. The number of nitrogens with zero attached hydrogens (tertiary/aromatic N) is 1. The molecule has 0 unspecified atom stereocenters. The van der Waals surface area contributed by atoms with Crippen LogP contribution in [0.4, 0.5) is 0 Å². The fourth-order valence-corrected chi connectivity index (χ4v) is 3.67. The molecule has 2 rings (SSSR count). The number of benzene rings is 1. The fourth-order valence-electron chi connectivity index (χ4n) is 3.67. The lowest BCUT2D eigenvalue weighted by Gasteiger charge is -2.07. The number of esters is 1. The van der Waals surface area contributed by atoms with E-state index in [1.54, 1.807) is 6.20 Å². The highest BCUT2D eigenvalue weighted by atomic mass is 16.5. The highest BCUT2D eigenvalue weighted by Crippen LogP contribution is 2.23. The van der Waals surface area contributed by atoms with E-state index in [0.29, 0.717) is 12.2 Å². The van der Waals surface area contributed by atoms with Crippen LogP contribution in [0.15, 0.2) is 48.7 Å². The van der Waals surface area contributed by atoms with Crippen molar-refractivity contribution in [3.05, 3.63) is 48.7 Å². The van der Waals surface area contributed by atoms with E-state index in [1.165, 1.54) is 70.6 Å². The van der Waals surface area contributed by atoms with Crippen LogP contribution < -0.4 is 4.74 Å². The Bertz CT molecular complexity index is 748. The van der Waals surface area contributed by atoms with Gasteiger partial charge in [0.2, 0.25) is 0 Å². The van der Waals surface area contributed by atoms with E-state index >= 15 is 0 Å². The first kappa shape index (κ1) is 24.1. The molecule has 3 heteroatoms. The third-order valence-electron chi connectivity index (χ3n) is 5.46. The SMILES string of the molecule is CCCCCCCCC=CCCCCCCCC(=O)Oc1cccc2cccnc12. The zero-order valence-electron chi connectivity index (χ0n) is 18.8. The van der Waals surface area contributed by atoms with E-state index in [0.717, 1.165) is 23.7 Å². The van der Waals surface area contributed by atoms with E-state index < -0.39 is 0 Å². The van der Waals surface area contributed by atoms with Crippen LogP contribution in [0.3, 0.4) is 0 Å². The predicted octanol–water partition coefficient (Wildman–Crippen LogP) is 8.18. The first-order valence-electron chi connectivity index (χ1n) is 12.0. The monoisotopic (exact) mass is 409 g/mol. The van der Waals surface area contributed by atoms with E-state index in [9.17, 15) is 4.79 Å². The van der Waals surface area contributed by atoms with Crippen molar-refractivity contribution in [2.75, 3.05) is 0 Å². The van der Waals surface area contributed by atoms with Crippen LogP contribution in [0.5, 0.6) is 5.75 Å². The van der Waals surface area contributed by atoms with Crippen LogP contribution in [-0.2, 0) is 4.79 Å². The smallest absolute Gasteiger partial charge is 0.311 e. The minimum absolute atomic E-state index is 0.161. The van der Waals surface area contributed by atoms with Gasteiger partial charge in [0.1, 0.15) is 5.52 Å². The summed E-state index contributed by atoms with van der Waals surface area (Å²) >= 11 is 0. The van der Waals surface area contributed by atoms with Gasteiger partial charge in [0.25, 0.3) is 0 Å². The number of aromatic nitrogens is 1. The quantitative estimate of drug-likeness (QED) is 0.121. The van der Waals surface area contributed by atoms with Crippen molar-refractivity contribution in [1.82, 2.24) is 4.98 Å². The zero-order valence-corrected chi connectivity index (χ0v) is 18.8. The predicted molar refractivity (Wildman–Crippen MR) is 127 cm³/mol. The molecule has 0 saturated heterocycles. The molecule has 1 heterocycles. The average Bonchev–Trinajstić information content (AvgIpc) is 2.76. The molecule has 2 aromatic rings. The summed E-state index contributed by atoms with van der Waals surface area (Å²) in [6, 6.07) is 9.55. The van der Waals surface area contributed by atoms with E-state index in [-0.39, 0.29) is 5.97 Å². The third-order valence-corrected chi connectivity index (χ3v) is 5.46. The largest absolute Gasteiger partial charge is 0.424 e. The Morgan fingerprint density at radius 3 is 2.20 bits per heavy atom. The second-order valence-electron chi connectivity index (χ2n) is 8.14. The van der Waals surface area contributed by atoms with E-state index in [4.69, 9.17) is 4.74 Å². The molecule has 0 aliphatic heterocycles. The molecule has 0 bridgehead atoms. The summed E-state index contributed by atoms with van der Waals surface area (Å²) in [4.78, 5) is 16.5. The van der Waals surface area contributed by atoms with Crippen molar-refractivity contribution < 1.29 is 9.53 Å². The Labute approximate surface area is 182 Å². The van der Waals surface area contributed by atoms with Crippen LogP contribution >= 0.6 is 0 Å². The molecule has 1 aromatic heterocycles. The number of fused-ring (bicyclic) bond motifs is 1. The van der Waals surface area contributed by atoms with Gasteiger partial charge in [0.15, 0.2) is 5.75 Å². The molecule has 30 heavy (non-hydrogen) atoms. The van der Waals surface area contributed by atoms with Gasteiger partial charge in [0, 0.05) is 18.0 Å². The summed E-state index contributed by atoms with van der Waals surface area (Å²) in [5, 5.41) is 0.990. The maximum atomic E-state index is 12.1. The van der Waals surface area contributed by atoms with Crippen molar-refractivity contribution in [3.63, 3.8) is 0 Å². The van der Waals surface area contributed by atoms with Crippen LogP contribution in [0.25, 0.3) is 10.9 Å². The van der Waals surface area contributed by atoms with Gasteiger partial charge in [-0.1, -0.05) is 88.6 Å². The second-order valence-corrected chi connectivity index (χ2v) is 8.14. The standard InChI is InChI=1S/C27H39NO2/c1-2-3-4-5-6-7-8-9-10-11-12-13-14-15-16-22-26(29)30-25-21-17-19-24-20-18-23-28-27(24)25/h9-10,17-21,23H,2-8,11-16,22H2,1H3. The number of unbranched alkanes of at least 4 members (excludes halogenated alkanes) is 11. The van der Waals surface area contributed by atoms with Crippen LogP contribution in [0.2, 0.25) is 0 Å². The molecule has 0 radical (unpaired) electrons. The molecule has 0 aliphatic carbocycles. The summed E-state index contributed by atoms with van der Waals surface area (Å²) in [6.45, 7) is 2.27. The van der Waals surface area contributed by atoms with Crippen molar-refractivity contribution >= 4 is 16.9 Å². The van der Waals surface area contributed by atoms with Gasteiger partial charge < -0.3 is 4.74 Å². The minimum atomic E-state index is -0.161. The highest BCUT2D eigenvalue weighted by molar-refractivity contribution is 5.86. The average molecular weight is 410 g/mol. The normalized spacial score (nSPS) is 11.4. The Morgan fingerprint density at radius 1 is 0.833 bits per heavy atom. The van der Waals surface area contributed by atoms with Crippen LogP contribution in [0.1, 0.15) is 96.8 Å². The molecule has 0 saturated carbocycles. The first-order valence-corrected chi connectivity index (χ1v) is 12.0. The Hall–Kier alpha value is -2.16. The number of pyridine rings is 1. The minimum Gasteiger partial charge on any atom is -0.424 e. The molecule has 1 aromatic carbocycles. The number of hydrogen-bond donors (Lipinski definition) is 0. The summed E-state index contributed by atoms with van der Waals surface area (Å²) in [5.74, 6) is 0.400. The van der Waals surface area contributed by atoms with Crippen LogP contribution in [0, 0.1) is 0 Å². The van der Waals surface area contributed by atoms with Gasteiger partial charge in [-0.25, -0.2) is 0 Å². The lowest BCUT2D eigenvalue weighted by molar-refractivity contribution is -0.134. The second kappa shape index (κ2) is 15.6. The van der Waals surface area contributed by atoms with Gasteiger partial charge in [0.05, 0.1) is 0 Å². The maximum absolute atomic E-state index is 12.1. The number of carbonyl (C=O) groups excluding carboxylic acids is 1. The van der Waals surface area contributed by atoms with Gasteiger partial charge in [-0.05, 0) is 44.2 Å². The molecule has 0 aliphatic rings. The van der Waals surface area contributed by atoms with Crippen molar-refractivity contribution in [2.45, 2.75) is 96.8 Å². The Morgan fingerprint density at radius 2 is 1.47 bits per heavy atom. The summed E-state index contributed by atoms with van der Waals surface area (Å²) in [7, 11) is 0. The number of rotatable bonds is 16. The number of hydrogen-bond acceptors (Lipinski definition) is 3. The molecule has 0 spiro atoms. The summed E-state index contributed by atoms with van der Waals surface area (Å²) in [6.07, 6.45) is 23.2. The Kier molecular flexibility index (Phi) is 12.6. The van der Waals surface area contributed by atoms with Crippen molar-refractivity contribution in [3.8, 4) is 5.75 Å². The zero-order chi connectivity index (χ0) is 21.3. The van der Waals surface area contributed by atoms with E-state index in [2.05, 4.69) is 24.1 Å². The summed E-state index contributed by atoms with van der Waals surface area (Å²) in [5.41, 5.74) is 0.748. The van der Waals surface area contributed by atoms with Gasteiger partial charge in [-0.2, -0.15) is 0 Å². The number of carbonyl (C=O) groups is 1. The first-order chi connectivity index (χ1) is 14.8. The topological polar surface area (TPSA) is 39.2 Å². The van der Waals surface area contributed by atoms with Crippen LogP contribution in [-0.4, -0.2) is 11.0 Å². The van der Waals surface area contributed by atoms with Crippen molar-refractivity contribution in [2.24, 2.45) is 0 Å². The van der Waals surface area contributed by atoms with Gasteiger partial charge >= 0.3 is 5.97 Å². The lowest BCUT2D eigenvalue weighted by Crippen LogP contribution is -2.08. The number of ether oxygens (including phenoxy) is 1. The van der Waals surface area contributed by atoms with Crippen molar-refractivity contribution in [1.29, 1.82) is 0 Å². The number of allylic oxidation sites excluding steroid dienone is 2. The molecule has 0 fully saturated rings. The third kappa shape index (κ3) is 10.0. The lowest BCUT2D eigenvalue weighted by atomic mass is 10.1. The number of para-hydroxylation sites is 1. The summed E-state index contributed by atoms with van der Waals surface area (Å²) < 4.78 is 5.54. The molecule has 0 amide bonds. The van der Waals surface area contributed by atoms with E-state index in [1.807, 2.05) is 30.3 Å². The maximum Gasteiger partial charge on any atom is 0.311 e.